The van der Waals surface area contributed by atoms with Crippen LogP contribution in [-0.2, 0) is 6.42 Å². The van der Waals surface area contributed by atoms with Crippen LogP contribution in [0.1, 0.15) is 37.3 Å². The van der Waals surface area contributed by atoms with Gasteiger partial charge in [-0.2, -0.15) is 0 Å². The molecule has 0 saturated heterocycles. The lowest BCUT2D eigenvalue weighted by molar-refractivity contribution is 0.440. The van der Waals surface area contributed by atoms with Crippen molar-refractivity contribution in [2.75, 3.05) is 0 Å². The highest BCUT2D eigenvalue weighted by Crippen LogP contribution is 2.33. The first-order chi connectivity index (χ1) is 10.9. The lowest BCUT2D eigenvalue weighted by atomic mass is 9.97. The first kappa shape index (κ1) is 17.4. The summed E-state index contributed by atoms with van der Waals surface area (Å²) in [6.07, 6.45) is 1.87. The van der Waals surface area contributed by atoms with Crippen molar-refractivity contribution in [1.82, 2.24) is 0 Å². The summed E-state index contributed by atoms with van der Waals surface area (Å²) in [4.78, 5) is 0. The minimum atomic E-state index is -1.49. The van der Waals surface area contributed by atoms with Crippen LogP contribution in [0.4, 0.5) is 22.0 Å². The summed E-state index contributed by atoms with van der Waals surface area (Å²) in [5.74, 6) is -6.49. The van der Waals surface area contributed by atoms with E-state index >= 15 is 0 Å². The molecule has 0 fully saturated rings. The molecular weight excluding hydrogens is 311 g/mol. The fourth-order valence-corrected chi connectivity index (χ4v) is 2.45. The van der Waals surface area contributed by atoms with Crippen molar-refractivity contribution in [1.29, 1.82) is 0 Å². The Bertz CT molecular complexity index is 693. The van der Waals surface area contributed by atoms with E-state index in [9.17, 15) is 22.0 Å². The van der Waals surface area contributed by atoms with E-state index in [0.29, 0.717) is 12.8 Å². The van der Waals surface area contributed by atoms with Gasteiger partial charge in [-0.15, -0.1) is 0 Å². The molecule has 2 aromatic carbocycles. The van der Waals surface area contributed by atoms with Crippen LogP contribution >= 0.6 is 0 Å². The van der Waals surface area contributed by atoms with E-state index in [1.165, 1.54) is 19.1 Å². The minimum absolute atomic E-state index is 0.0815. The third-order valence-corrected chi connectivity index (χ3v) is 3.85. The van der Waals surface area contributed by atoms with Crippen molar-refractivity contribution in [3.05, 3.63) is 58.4 Å². The highest BCUT2D eigenvalue weighted by Gasteiger charge is 2.26. The number of hydrogen-bond acceptors (Lipinski definition) is 0. The zero-order valence-corrected chi connectivity index (χ0v) is 13.0. The zero-order chi connectivity index (χ0) is 17.1. The van der Waals surface area contributed by atoms with Gasteiger partial charge >= 0.3 is 0 Å². The van der Waals surface area contributed by atoms with Gasteiger partial charge in [-0.25, -0.2) is 22.0 Å². The third kappa shape index (κ3) is 3.38. The normalized spacial score (nSPS) is 11.1. The van der Waals surface area contributed by atoms with Gasteiger partial charge in [-0.05, 0) is 37.0 Å². The van der Waals surface area contributed by atoms with Gasteiger partial charge in [0.15, 0.2) is 23.3 Å². The van der Waals surface area contributed by atoms with Gasteiger partial charge in [0.05, 0.1) is 5.56 Å². The first-order valence-electron chi connectivity index (χ1n) is 7.49. The molecule has 0 saturated carbocycles. The SMILES string of the molecule is CCCCCc1c(F)c(F)c(-c2ccc(C)c(F)c2)c(F)c1F. The second-order valence-corrected chi connectivity index (χ2v) is 5.53. The predicted molar refractivity (Wildman–Crippen MR) is 79.6 cm³/mol. The van der Waals surface area contributed by atoms with Crippen LogP contribution in [-0.4, -0.2) is 0 Å². The Morgan fingerprint density at radius 2 is 1.43 bits per heavy atom. The summed E-state index contributed by atoms with van der Waals surface area (Å²) < 4.78 is 70.3. The van der Waals surface area contributed by atoms with Crippen LogP contribution in [0.25, 0.3) is 11.1 Å². The molecule has 0 aliphatic heterocycles. The predicted octanol–water partition coefficient (Wildman–Crippen LogP) is 6.09. The molecule has 23 heavy (non-hydrogen) atoms. The number of rotatable bonds is 5. The van der Waals surface area contributed by atoms with E-state index in [1.54, 1.807) is 0 Å². The number of aryl methyl sites for hydroxylation is 1. The standard InChI is InChI=1S/C18H17F5/c1-3-4-5-6-12-15(20)17(22)14(18(23)16(12)21)11-8-7-10(2)13(19)9-11/h7-9H,3-6H2,1-2H3. The Morgan fingerprint density at radius 3 is 1.96 bits per heavy atom. The molecule has 0 aliphatic carbocycles. The topological polar surface area (TPSA) is 0 Å². The fourth-order valence-electron chi connectivity index (χ4n) is 2.45. The van der Waals surface area contributed by atoms with Crippen LogP contribution in [0.5, 0.6) is 0 Å². The number of halogens is 5. The zero-order valence-electron chi connectivity index (χ0n) is 13.0. The van der Waals surface area contributed by atoms with Crippen LogP contribution in [0.3, 0.4) is 0 Å². The van der Waals surface area contributed by atoms with Crippen molar-refractivity contribution in [2.45, 2.75) is 39.5 Å². The van der Waals surface area contributed by atoms with Gasteiger partial charge in [-0.1, -0.05) is 31.9 Å². The van der Waals surface area contributed by atoms with Crippen molar-refractivity contribution in [3.8, 4) is 11.1 Å². The molecule has 5 heteroatoms. The maximum atomic E-state index is 14.2. The molecule has 0 atom stereocenters. The van der Waals surface area contributed by atoms with E-state index < -0.39 is 40.2 Å². The van der Waals surface area contributed by atoms with Crippen LogP contribution in [0.15, 0.2) is 18.2 Å². The number of hydrogen-bond donors (Lipinski definition) is 0. The highest BCUT2D eigenvalue weighted by molar-refractivity contribution is 5.66. The summed E-state index contributed by atoms with van der Waals surface area (Å²) in [5.41, 5.74) is -1.43. The smallest absolute Gasteiger partial charge is 0.170 e. The van der Waals surface area contributed by atoms with Crippen LogP contribution in [0.2, 0.25) is 0 Å². The van der Waals surface area contributed by atoms with Gasteiger partial charge < -0.3 is 0 Å². The number of benzene rings is 2. The maximum absolute atomic E-state index is 14.2. The van der Waals surface area contributed by atoms with Crippen LogP contribution in [0, 0.1) is 36.0 Å². The van der Waals surface area contributed by atoms with E-state index in [1.807, 2.05) is 6.92 Å². The van der Waals surface area contributed by atoms with Gasteiger partial charge in [-0.3, -0.25) is 0 Å². The molecule has 0 spiro atoms. The Morgan fingerprint density at radius 1 is 0.826 bits per heavy atom. The average Bonchev–Trinajstić information content (AvgIpc) is 2.52. The monoisotopic (exact) mass is 328 g/mol. The molecule has 2 aromatic rings. The molecule has 0 N–H and O–H groups in total. The second-order valence-electron chi connectivity index (χ2n) is 5.53. The van der Waals surface area contributed by atoms with Crippen LogP contribution < -0.4 is 0 Å². The molecule has 124 valence electrons. The fraction of sp³-hybridized carbons (Fsp3) is 0.333. The summed E-state index contributed by atoms with van der Waals surface area (Å²) in [5, 5.41) is 0. The highest BCUT2D eigenvalue weighted by atomic mass is 19.2. The second kappa shape index (κ2) is 7.11. The number of unbranched alkanes of at least 4 members (excludes halogenated alkanes) is 2. The lowest BCUT2D eigenvalue weighted by Gasteiger charge is -2.12. The molecule has 0 aliphatic rings. The average molecular weight is 328 g/mol. The van der Waals surface area contributed by atoms with Crippen molar-refractivity contribution in [3.63, 3.8) is 0 Å². The summed E-state index contributed by atoms with van der Waals surface area (Å²) in [6, 6.07) is 3.40. The Hall–Kier alpha value is -1.91. The van der Waals surface area contributed by atoms with Crippen molar-refractivity contribution in [2.24, 2.45) is 0 Å². The molecule has 0 radical (unpaired) electrons. The van der Waals surface area contributed by atoms with Crippen molar-refractivity contribution < 1.29 is 22.0 Å². The molecule has 0 amide bonds. The maximum Gasteiger partial charge on any atom is 0.170 e. The molecule has 0 heterocycles. The van der Waals surface area contributed by atoms with Gasteiger partial charge in [0.2, 0.25) is 0 Å². The van der Waals surface area contributed by atoms with E-state index in [2.05, 4.69) is 0 Å². The Labute approximate surface area is 132 Å². The van der Waals surface area contributed by atoms with Gasteiger partial charge in [0.1, 0.15) is 5.82 Å². The molecule has 0 aromatic heterocycles. The Kier molecular flexibility index (Phi) is 5.39. The third-order valence-electron chi connectivity index (χ3n) is 3.85. The largest absolute Gasteiger partial charge is 0.207 e. The molecule has 0 nitrogen and oxygen atoms in total. The Balaban J connectivity index is 2.55. The minimum Gasteiger partial charge on any atom is -0.207 e. The summed E-state index contributed by atoms with van der Waals surface area (Å²) in [7, 11) is 0. The summed E-state index contributed by atoms with van der Waals surface area (Å²) >= 11 is 0. The van der Waals surface area contributed by atoms with Gasteiger partial charge in [0, 0.05) is 5.56 Å². The first-order valence-corrected chi connectivity index (χ1v) is 7.49. The lowest BCUT2D eigenvalue weighted by Crippen LogP contribution is -2.07. The molecular formula is C18H17F5. The van der Waals surface area contributed by atoms with E-state index in [0.717, 1.165) is 12.5 Å². The molecule has 0 unspecified atom stereocenters. The van der Waals surface area contributed by atoms with E-state index in [4.69, 9.17) is 0 Å². The summed E-state index contributed by atoms with van der Waals surface area (Å²) in [6.45, 7) is 3.38. The molecule has 2 rings (SSSR count). The quantitative estimate of drug-likeness (QED) is 0.354. The van der Waals surface area contributed by atoms with E-state index in [-0.39, 0.29) is 17.5 Å². The van der Waals surface area contributed by atoms with Crippen molar-refractivity contribution >= 4 is 0 Å². The molecule has 0 bridgehead atoms. The van der Waals surface area contributed by atoms with Gasteiger partial charge in [0.25, 0.3) is 0 Å².